The zero-order valence-electron chi connectivity index (χ0n) is 34.1. The molecule has 294 valence electrons. The number of fused-ring (bicyclic) bond motifs is 9. The Morgan fingerprint density at radius 3 is 1.54 bits per heavy atom. The third kappa shape index (κ3) is 5.20. The molecule has 0 saturated carbocycles. The van der Waals surface area contributed by atoms with Crippen LogP contribution < -0.4 is 0 Å². The Bertz CT molecular complexity index is 3680. The molecule has 0 saturated heterocycles. The van der Waals surface area contributed by atoms with Gasteiger partial charge in [-0.15, -0.1) is 0 Å². The van der Waals surface area contributed by atoms with Gasteiger partial charge in [-0.25, -0.2) is 4.98 Å². The van der Waals surface area contributed by atoms with Crippen molar-refractivity contribution >= 4 is 43.6 Å². The van der Waals surface area contributed by atoms with Crippen molar-refractivity contribution in [3.8, 4) is 45.5 Å². The average molecular weight is 804 g/mol. The van der Waals surface area contributed by atoms with Crippen LogP contribution in [-0.2, 0) is 5.41 Å². The predicted molar refractivity (Wildman–Crippen MR) is 257 cm³/mol. The Labute approximate surface area is 363 Å². The van der Waals surface area contributed by atoms with Crippen LogP contribution in [0.15, 0.2) is 224 Å². The number of para-hydroxylation sites is 3. The van der Waals surface area contributed by atoms with E-state index in [2.05, 4.69) is 215 Å². The molecule has 3 heterocycles. The number of hydrogen-bond acceptors (Lipinski definition) is 3. The van der Waals surface area contributed by atoms with Gasteiger partial charge in [0.2, 0.25) is 5.95 Å². The van der Waals surface area contributed by atoms with Crippen LogP contribution in [-0.4, -0.2) is 24.1 Å². The molecule has 5 nitrogen and oxygen atoms in total. The van der Waals surface area contributed by atoms with Crippen molar-refractivity contribution < 1.29 is 0 Å². The Morgan fingerprint density at radius 2 is 0.841 bits per heavy atom. The van der Waals surface area contributed by atoms with E-state index >= 15 is 0 Å². The molecule has 1 aliphatic rings. The molecule has 0 N–H and O–H groups in total. The van der Waals surface area contributed by atoms with Crippen molar-refractivity contribution in [1.82, 2.24) is 24.1 Å². The second-order valence-electron chi connectivity index (χ2n) is 16.4. The fourth-order valence-corrected chi connectivity index (χ4v) is 10.4. The van der Waals surface area contributed by atoms with E-state index in [0.717, 1.165) is 49.7 Å². The van der Waals surface area contributed by atoms with Gasteiger partial charge in [-0.05, 0) is 75.8 Å². The fourth-order valence-electron chi connectivity index (χ4n) is 10.4. The zero-order chi connectivity index (χ0) is 41.5. The second kappa shape index (κ2) is 13.8. The van der Waals surface area contributed by atoms with E-state index in [9.17, 15) is 0 Å². The second-order valence-corrected chi connectivity index (χ2v) is 16.4. The van der Waals surface area contributed by atoms with Gasteiger partial charge in [0.15, 0.2) is 11.6 Å². The number of benzene rings is 9. The van der Waals surface area contributed by atoms with Crippen LogP contribution in [0.2, 0.25) is 0 Å². The van der Waals surface area contributed by atoms with Gasteiger partial charge in [-0.2, -0.15) is 9.97 Å². The van der Waals surface area contributed by atoms with Gasteiger partial charge in [-0.3, -0.25) is 4.57 Å². The summed E-state index contributed by atoms with van der Waals surface area (Å²) in [6.45, 7) is 0. The Morgan fingerprint density at radius 1 is 0.317 bits per heavy atom. The quantitative estimate of drug-likeness (QED) is 0.168. The molecule has 0 bridgehead atoms. The van der Waals surface area contributed by atoms with Crippen molar-refractivity contribution in [3.63, 3.8) is 0 Å². The Hall–Kier alpha value is -8.41. The summed E-state index contributed by atoms with van der Waals surface area (Å²) in [7, 11) is 0. The van der Waals surface area contributed by atoms with E-state index in [-0.39, 0.29) is 0 Å². The summed E-state index contributed by atoms with van der Waals surface area (Å²) in [4.78, 5) is 16.0. The van der Waals surface area contributed by atoms with Crippen molar-refractivity contribution in [2.45, 2.75) is 5.41 Å². The van der Waals surface area contributed by atoms with Crippen LogP contribution in [0.25, 0.3) is 89.2 Å². The van der Waals surface area contributed by atoms with Crippen LogP contribution in [0.1, 0.15) is 22.3 Å². The molecule has 13 rings (SSSR count). The summed E-state index contributed by atoms with van der Waals surface area (Å²) in [6.07, 6.45) is 0. The SMILES string of the molecule is c1ccc(-c2nc(-c3ccc4c5ccccc5n(-c5ccccc5)c4c3)nc(-n3c4ccccc4c4cc5c(cc43)-c3ccccc3C5(c3ccccc3)c3ccccc3)n2)cc1. The largest absolute Gasteiger partial charge is 0.309 e. The lowest BCUT2D eigenvalue weighted by molar-refractivity contribution is 0.769. The van der Waals surface area contributed by atoms with Gasteiger partial charge < -0.3 is 4.57 Å². The summed E-state index contributed by atoms with van der Waals surface area (Å²) < 4.78 is 4.58. The van der Waals surface area contributed by atoms with Gasteiger partial charge >= 0.3 is 0 Å². The van der Waals surface area contributed by atoms with Gasteiger partial charge in [-0.1, -0.05) is 182 Å². The molecule has 0 fully saturated rings. The van der Waals surface area contributed by atoms with Crippen molar-refractivity contribution in [2.24, 2.45) is 0 Å². The molecule has 3 aromatic heterocycles. The molecule has 0 amide bonds. The summed E-state index contributed by atoms with van der Waals surface area (Å²) in [5.74, 6) is 1.79. The Balaban J connectivity index is 1.09. The van der Waals surface area contributed by atoms with Crippen molar-refractivity contribution in [1.29, 1.82) is 0 Å². The van der Waals surface area contributed by atoms with E-state index in [1.165, 1.54) is 44.2 Å². The molecule has 0 unspecified atom stereocenters. The molecular weight excluding hydrogens is 767 g/mol. The van der Waals surface area contributed by atoms with E-state index in [1.54, 1.807) is 0 Å². The zero-order valence-corrected chi connectivity index (χ0v) is 34.1. The van der Waals surface area contributed by atoms with Gasteiger partial charge in [0.25, 0.3) is 0 Å². The highest BCUT2D eigenvalue weighted by Crippen LogP contribution is 2.57. The number of nitrogens with zero attached hydrogens (tertiary/aromatic N) is 5. The molecule has 63 heavy (non-hydrogen) atoms. The van der Waals surface area contributed by atoms with Crippen LogP contribution in [0.5, 0.6) is 0 Å². The summed E-state index contributed by atoms with van der Waals surface area (Å²) in [6, 6.07) is 80.4. The number of hydrogen-bond donors (Lipinski definition) is 0. The first kappa shape index (κ1) is 35.4. The summed E-state index contributed by atoms with van der Waals surface area (Å²) in [5.41, 5.74) is 14.2. The topological polar surface area (TPSA) is 48.5 Å². The molecule has 5 heteroatoms. The normalized spacial score (nSPS) is 12.9. The molecule has 0 radical (unpaired) electrons. The molecule has 1 aliphatic carbocycles. The number of aromatic nitrogens is 5. The van der Waals surface area contributed by atoms with Crippen LogP contribution in [0.4, 0.5) is 0 Å². The van der Waals surface area contributed by atoms with Gasteiger partial charge in [0, 0.05) is 38.4 Å². The molecule has 12 aromatic rings. The van der Waals surface area contributed by atoms with E-state index < -0.39 is 5.41 Å². The van der Waals surface area contributed by atoms with Crippen LogP contribution in [0, 0.1) is 0 Å². The van der Waals surface area contributed by atoms with E-state index in [0.29, 0.717) is 17.6 Å². The first-order chi connectivity index (χ1) is 31.3. The van der Waals surface area contributed by atoms with Gasteiger partial charge in [0.1, 0.15) is 0 Å². The van der Waals surface area contributed by atoms with Crippen molar-refractivity contribution in [3.05, 3.63) is 247 Å². The standard InChI is InChI=1S/C58H37N5/c1-5-19-38(20-6-1)55-59-56(39-33-34-46-44-28-14-17-31-51(44)62(53(46)35-39)42-25-11-4-12-26-42)61-57(60-55)63-52-32-18-15-29-45(52)48-36-50-47(37-54(48)63)43-27-13-16-30-49(43)58(50,40-21-7-2-8-22-40)41-23-9-3-10-24-41/h1-37H. The highest BCUT2D eigenvalue weighted by molar-refractivity contribution is 6.12. The van der Waals surface area contributed by atoms with E-state index in [4.69, 9.17) is 15.0 Å². The first-order valence-corrected chi connectivity index (χ1v) is 21.5. The van der Waals surface area contributed by atoms with Crippen molar-refractivity contribution in [2.75, 3.05) is 0 Å². The molecule has 0 spiro atoms. The third-order valence-corrected chi connectivity index (χ3v) is 13.1. The molecule has 9 aromatic carbocycles. The first-order valence-electron chi connectivity index (χ1n) is 21.5. The highest BCUT2D eigenvalue weighted by atomic mass is 15.2. The monoisotopic (exact) mass is 803 g/mol. The third-order valence-electron chi connectivity index (χ3n) is 13.1. The van der Waals surface area contributed by atoms with Gasteiger partial charge in [0.05, 0.1) is 27.5 Å². The lowest BCUT2D eigenvalue weighted by Crippen LogP contribution is -2.28. The minimum Gasteiger partial charge on any atom is -0.309 e. The van der Waals surface area contributed by atoms with Crippen LogP contribution >= 0.6 is 0 Å². The maximum atomic E-state index is 5.43. The summed E-state index contributed by atoms with van der Waals surface area (Å²) >= 11 is 0. The maximum absolute atomic E-state index is 5.43. The predicted octanol–water partition coefficient (Wildman–Crippen LogP) is 13.8. The van der Waals surface area contributed by atoms with E-state index in [1.807, 2.05) is 18.2 Å². The smallest absolute Gasteiger partial charge is 0.238 e. The highest BCUT2D eigenvalue weighted by Gasteiger charge is 2.46. The lowest BCUT2D eigenvalue weighted by atomic mass is 9.67. The number of rotatable bonds is 6. The lowest BCUT2D eigenvalue weighted by Gasteiger charge is -2.33. The molecule has 0 aliphatic heterocycles. The maximum Gasteiger partial charge on any atom is 0.238 e. The van der Waals surface area contributed by atoms with Crippen LogP contribution in [0.3, 0.4) is 0 Å². The Kier molecular flexibility index (Phi) is 7.75. The minimum absolute atomic E-state index is 0.520. The summed E-state index contributed by atoms with van der Waals surface area (Å²) in [5, 5.41) is 4.66. The average Bonchev–Trinajstić information content (AvgIpc) is 3.98. The molecular formula is C58H37N5. The molecule has 0 atom stereocenters. The minimum atomic E-state index is -0.520. The fraction of sp³-hybridized carbons (Fsp3) is 0.0172.